The molecule has 0 aromatic heterocycles. The van der Waals surface area contributed by atoms with Gasteiger partial charge in [-0.15, -0.1) is 0 Å². The first-order valence-electron chi connectivity index (χ1n) is 6.13. The average Bonchev–Trinajstić information content (AvgIpc) is 2.14. The van der Waals surface area contributed by atoms with Crippen molar-refractivity contribution in [3.05, 3.63) is 0 Å². The van der Waals surface area contributed by atoms with E-state index in [-0.39, 0.29) is 0 Å². The molecule has 1 fully saturated rings. The predicted octanol–water partition coefficient (Wildman–Crippen LogP) is 0.387. The third-order valence-electron chi connectivity index (χ3n) is 3.27. The molecule has 1 aliphatic rings. The predicted molar refractivity (Wildman–Crippen MR) is 65.0 cm³/mol. The average molecular weight is 213 g/mol. The summed E-state index contributed by atoms with van der Waals surface area (Å²) in [6.45, 7) is 4.58. The molecule has 0 bridgehead atoms. The molecule has 0 aromatic carbocycles. The van der Waals surface area contributed by atoms with Gasteiger partial charge in [-0.05, 0) is 25.3 Å². The van der Waals surface area contributed by atoms with Crippen LogP contribution in [0.15, 0.2) is 0 Å². The Hall–Kier alpha value is -0.0551. The van der Waals surface area contributed by atoms with Crippen molar-refractivity contribution in [2.75, 3.05) is 26.9 Å². The maximum Gasteiger partial charge on any atom is 0.141 e. The fraction of sp³-hybridized carbons (Fsp3) is 1.00. The van der Waals surface area contributed by atoms with Crippen LogP contribution < -0.4 is 5.32 Å². The highest BCUT2D eigenvalue weighted by molar-refractivity contribution is 6.11. The molecule has 1 N–H and O–H groups in total. The Labute approximate surface area is 94.3 Å². The van der Waals surface area contributed by atoms with E-state index < -0.39 is 0 Å². The smallest absolute Gasteiger partial charge is 0.141 e. The molecule has 0 aliphatic heterocycles. The fourth-order valence-electron chi connectivity index (χ4n) is 2.17. The van der Waals surface area contributed by atoms with E-state index in [0.717, 1.165) is 12.5 Å². The topological polar surface area (TPSA) is 30.5 Å². The molecule has 0 amide bonds. The Balaban J connectivity index is 2.26. The fourth-order valence-corrected chi connectivity index (χ4v) is 2.17. The van der Waals surface area contributed by atoms with Crippen LogP contribution in [-0.2, 0) is 9.47 Å². The summed E-state index contributed by atoms with van der Waals surface area (Å²) in [5.74, 6) is 0.822. The number of hydrogen-bond donors (Lipinski definition) is 1. The van der Waals surface area contributed by atoms with Gasteiger partial charge in [0.2, 0.25) is 0 Å². The van der Waals surface area contributed by atoms with Crippen LogP contribution >= 0.6 is 0 Å². The van der Waals surface area contributed by atoms with Crippen LogP contribution in [-0.4, -0.2) is 46.8 Å². The van der Waals surface area contributed by atoms with Gasteiger partial charge in [0.1, 0.15) is 7.85 Å². The molecule has 0 spiro atoms. The molecular formula is C11H24BNO2. The van der Waals surface area contributed by atoms with Crippen LogP contribution in [0, 0.1) is 5.92 Å². The summed E-state index contributed by atoms with van der Waals surface area (Å²) >= 11 is 0. The van der Waals surface area contributed by atoms with Gasteiger partial charge < -0.3 is 14.8 Å². The van der Waals surface area contributed by atoms with Gasteiger partial charge in [0.25, 0.3) is 0 Å². The highest BCUT2D eigenvalue weighted by Crippen LogP contribution is 2.31. The van der Waals surface area contributed by atoms with E-state index in [2.05, 4.69) is 20.1 Å². The third-order valence-corrected chi connectivity index (χ3v) is 3.27. The van der Waals surface area contributed by atoms with Gasteiger partial charge in [-0.3, -0.25) is 0 Å². The first kappa shape index (κ1) is 13.0. The normalized spacial score (nSPS) is 20.9. The number of ether oxygens (including phenoxy) is 2. The summed E-state index contributed by atoms with van der Waals surface area (Å²) in [7, 11) is 3.88. The van der Waals surface area contributed by atoms with Crippen LogP contribution in [0.2, 0.25) is 0 Å². The summed E-state index contributed by atoms with van der Waals surface area (Å²) in [4.78, 5) is 0. The lowest BCUT2D eigenvalue weighted by Gasteiger charge is -2.38. The van der Waals surface area contributed by atoms with Crippen LogP contribution in [0.5, 0.6) is 0 Å². The summed E-state index contributed by atoms with van der Waals surface area (Å²) < 4.78 is 10.8. The van der Waals surface area contributed by atoms with Crippen molar-refractivity contribution in [1.29, 1.82) is 0 Å². The van der Waals surface area contributed by atoms with Crippen LogP contribution in [0.25, 0.3) is 0 Å². The molecule has 15 heavy (non-hydrogen) atoms. The van der Waals surface area contributed by atoms with Crippen molar-refractivity contribution in [2.45, 2.75) is 38.2 Å². The van der Waals surface area contributed by atoms with Gasteiger partial charge in [0, 0.05) is 19.2 Å². The first-order chi connectivity index (χ1) is 7.29. The number of likely N-dealkylation sites (N-methyl/N-ethyl adjacent to an activating group) is 1. The zero-order chi connectivity index (χ0) is 11.1. The minimum Gasteiger partial charge on any atom is -0.383 e. The molecule has 0 aromatic rings. The van der Waals surface area contributed by atoms with E-state index in [4.69, 9.17) is 9.47 Å². The number of hydrogen-bond acceptors (Lipinski definition) is 3. The molecule has 0 heterocycles. The largest absolute Gasteiger partial charge is 0.383 e. The Bertz CT molecular complexity index is 165. The first-order valence-corrected chi connectivity index (χ1v) is 6.13. The van der Waals surface area contributed by atoms with Crippen molar-refractivity contribution >= 4 is 7.85 Å². The van der Waals surface area contributed by atoms with Gasteiger partial charge in [0.15, 0.2) is 0 Å². The van der Waals surface area contributed by atoms with Crippen molar-refractivity contribution in [1.82, 2.24) is 5.32 Å². The quantitative estimate of drug-likeness (QED) is 0.467. The van der Waals surface area contributed by atoms with Gasteiger partial charge >= 0.3 is 0 Å². The molecule has 3 nitrogen and oxygen atoms in total. The molecule has 2 atom stereocenters. The van der Waals surface area contributed by atoms with Crippen LogP contribution in [0.1, 0.15) is 26.2 Å². The monoisotopic (exact) mass is 213 g/mol. The highest BCUT2D eigenvalue weighted by atomic mass is 16.5. The molecule has 0 saturated heterocycles. The van der Waals surface area contributed by atoms with Crippen molar-refractivity contribution in [3.8, 4) is 0 Å². The Kier molecular flexibility index (Phi) is 6.29. The Morgan fingerprint density at radius 2 is 2.13 bits per heavy atom. The lowest BCUT2D eigenvalue weighted by Crippen LogP contribution is -2.49. The standard InChI is InChI=1S/C11H24BNO2/c1-3-13-10(9-5-4-6-9)11(12)15-8-7-14-2/h9-11,13H,3-8,12H2,1-2H3. The SMILES string of the molecule is BC(OCCOC)C(NCC)C1CCC1. The second kappa shape index (κ2) is 7.26. The highest BCUT2D eigenvalue weighted by Gasteiger charge is 2.30. The zero-order valence-electron chi connectivity index (χ0n) is 10.3. The van der Waals surface area contributed by atoms with Gasteiger partial charge in [-0.2, -0.15) is 0 Å². The molecule has 88 valence electrons. The second-order valence-corrected chi connectivity index (χ2v) is 4.34. The number of nitrogens with one attached hydrogen (secondary N) is 1. The maximum atomic E-state index is 5.77. The van der Waals surface area contributed by atoms with Gasteiger partial charge in [0.05, 0.1) is 13.2 Å². The summed E-state index contributed by atoms with van der Waals surface area (Å²) in [5, 5.41) is 3.55. The minimum absolute atomic E-state index is 0.297. The minimum atomic E-state index is 0.297. The number of methoxy groups -OCH3 is 1. The lowest BCUT2D eigenvalue weighted by molar-refractivity contribution is 0.0180. The van der Waals surface area contributed by atoms with E-state index in [1.54, 1.807) is 7.11 Å². The Morgan fingerprint density at radius 3 is 2.60 bits per heavy atom. The van der Waals surface area contributed by atoms with Gasteiger partial charge in [-0.1, -0.05) is 13.3 Å². The molecule has 2 unspecified atom stereocenters. The van der Waals surface area contributed by atoms with E-state index in [1.807, 2.05) is 0 Å². The lowest BCUT2D eigenvalue weighted by atomic mass is 9.73. The molecule has 0 radical (unpaired) electrons. The van der Waals surface area contributed by atoms with E-state index in [9.17, 15) is 0 Å². The molecule has 1 saturated carbocycles. The number of rotatable bonds is 8. The van der Waals surface area contributed by atoms with Crippen molar-refractivity contribution < 1.29 is 9.47 Å². The van der Waals surface area contributed by atoms with E-state index in [0.29, 0.717) is 25.3 Å². The summed E-state index contributed by atoms with van der Waals surface area (Å²) in [5.41, 5.74) is 0. The molecule has 1 rings (SSSR count). The molecule has 1 aliphatic carbocycles. The van der Waals surface area contributed by atoms with E-state index in [1.165, 1.54) is 19.3 Å². The Morgan fingerprint density at radius 1 is 1.40 bits per heavy atom. The summed E-state index contributed by atoms with van der Waals surface area (Å²) in [6.07, 6.45) is 4.10. The second-order valence-electron chi connectivity index (χ2n) is 4.34. The van der Waals surface area contributed by atoms with Crippen molar-refractivity contribution in [3.63, 3.8) is 0 Å². The van der Waals surface area contributed by atoms with E-state index >= 15 is 0 Å². The molecular weight excluding hydrogens is 189 g/mol. The van der Waals surface area contributed by atoms with Crippen molar-refractivity contribution in [2.24, 2.45) is 5.92 Å². The molecule has 4 heteroatoms. The maximum absolute atomic E-state index is 5.77. The third kappa shape index (κ3) is 4.13. The van der Waals surface area contributed by atoms with Crippen LogP contribution in [0.4, 0.5) is 0 Å². The summed E-state index contributed by atoms with van der Waals surface area (Å²) in [6, 6.07) is 0.825. The van der Waals surface area contributed by atoms with Crippen LogP contribution in [0.3, 0.4) is 0 Å². The van der Waals surface area contributed by atoms with Gasteiger partial charge in [-0.25, -0.2) is 0 Å². The zero-order valence-corrected chi connectivity index (χ0v) is 10.3.